The van der Waals surface area contributed by atoms with E-state index in [1.807, 2.05) is 0 Å². The highest BCUT2D eigenvalue weighted by atomic mass is 19.1. The Kier molecular flexibility index (Phi) is 5.12. The van der Waals surface area contributed by atoms with E-state index in [1.54, 1.807) is 33.8 Å². The molecule has 0 bridgehead atoms. The van der Waals surface area contributed by atoms with Gasteiger partial charge >= 0.3 is 0 Å². The summed E-state index contributed by atoms with van der Waals surface area (Å²) in [4.78, 5) is 14.0. The van der Waals surface area contributed by atoms with Gasteiger partial charge in [0.2, 0.25) is 0 Å². The molecule has 2 heterocycles. The molecule has 8 nitrogen and oxygen atoms in total. The number of hydrogen-bond acceptors (Lipinski definition) is 6. The minimum Gasteiger partial charge on any atom is -0.454 e. The molecule has 1 atom stereocenters. The van der Waals surface area contributed by atoms with Crippen molar-refractivity contribution in [2.75, 3.05) is 12.3 Å². The zero-order chi connectivity index (χ0) is 24.0. The molecule has 1 aliphatic carbocycles. The van der Waals surface area contributed by atoms with Crippen molar-refractivity contribution >= 4 is 11.7 Å². The molecule has 2 fully saturated rings. The Hall–Kier alpha value is -4.13. The van der Waals surface area contributed by atoms with Gasteiger partial charge in [-0.1, -0.05) is 0 Å². The van der Waals surface area contributed by atoms with Crippen LogP contribution in [0.3, 0.4) is 0 Å². The van der Waals surface area contributed by atoms with Crippen LogP contribution in [-0.2, 0) is 0 Å². The zero-order valence-corrected chi connectivity index (χ0v) is 18.2. The van der Waals surface area contributed by atoms with Gasteiger partial charge in [-0.2, -0.15) is 10.4 Å². The smallest absolute Gasteiger partial charge is 0.254 e. The van der Waals surface area contributed by atoms with Crippen LogP contribution in [0, 0.1) is 23.1 Å². The summed E-state index contributed by atoms with van der Waals surface area (Å²) in [5.41, 5.74) is 12.9. The minimum absolute atomic E-state index is 0.0255. The molecular formula is C24H22F2N6O2. The highest BCUT2D eigenvalue weighted by Crippen LogP contribution is 2.50. The van der Waals surface area contributed by atoms with Gasteiger partial charge in [0.05, 0.1) is 18.1 Å². The van der Waals surface area contributed by atoms with Crippen LogP contribution in [0.1, 0.15) is 42.1 Å². The number of rotatable bonds is 5. The molecular weight excluding hydrogens is 442 g/mol. The molecule has 3 aromatic rings. The lowest BCUT2D eigenvalue weighted by Crippen LogP contribution is -2.43. The number of primary amides is 1. The van der Waals surface area contributed by atoms with Crippen molar-refractivity contribution in [3.63, 3.8) is 0 Å². The third-order valence-electron chi connectivity index (χ3n) is 6.65. The van der Waals surface area contributed by atoms with Crippen LogP contribution < -0.4 is 16.2 Å². The fourth-order valence-corrected chi connectivity index (χ4v) is 4.61. The number of ether oxygens (including phenoxy) is 1. The molecule has 2 aliphatic rings. The summed E-state index contributed by atoms with van der Waals surface area (Å²) in [6, 6.07) is 9.33. The van der Waals surface area contributed by atoms with Gasteiger partial charge in [-0.15, -0.1) is 0 Å². The molecule has 1 spiro atoms. The second-order valence-electron chi connectivity index (χ2n) is 8.75. The van der Waals surface area contributed by atoms with Gasteiger partial charge in [-0.25, -0.2) is 13.5 Å². The first-order valence-corrected chi connectivity index (χ1v) is 10.9. The van der Waals surface area contributed by atoms with E-state index in [9.17, 15) is 18.8 Å². The van der Waals surface area contributed by atoms with E-state index < -0.39 is 17.5 Å². The Morgan fingerprint density at radius 1 is 1.18 bits per heavy atom. The molecule has 5 rings (SSSR count). The lowest BCUT2D eigenvalue weighted by atomic mass is 9.97. The van der Waals surface area contributed by atoms with Gasteiger partial charge in [0.25, 0.3) is 5.91 Å². The molecule has 2 aromatic carbocycles. The first-order chi connectivity index (χ1) is 16.3. The third kappa shape index (κ3) is 3.69. The molecule has 10 heteroatoms. The number of carbonyl (C=O) groups excluding carboxylic acids is 1. The van der Waals surface area contributed by atoms with Crippen molar-refractivity contribution in [1.82, 2.24) is 14.7 Å². The second kappa shape index (κ2) is 8.02. The molecule has 4 N–H and O–H groups in total. The Labute approximate surface area is 194 Å². The first kappa shape index (κ1) is 21.7. The number of aromatic nitrogens is 2. The summed E-state index contributed by atoms with van der Waals surface area (Å²) in [7, 11) is 0. The van der Waals surface area contributed by atoms with Gasteiger partial charge in [0.1, 0.15) is 28.6 Å². The van der Waals surface area contributed by atoms with Crippen LogP contribution >= 0.6 is 0 Å². The number of likely N-dealkylation sites (tertiary alicyclic amines) is 1. The minimum atomic E-state index is -0.821. The number of nitrogens with two attached hydrogens (primary N) is 2. The number of anilines is 1. The van der Waals surface area contributed by atoms with Crippen molar-refractivity contribution < 1.29 is 18.3 Å². The lowest BCUT2D eigenvalue weighted by Gasteiger charge is -2.36. The third-order valence-corrected chi connectivity index (χ3v) is 6.65. The van der Waals surface area contributed by atoms with Crippen LogP contribution in [0.15, 0.2) is 42.5 Å². The standard InChI is InChI=1S/C24H22F2N6O2/c25-15-3-6-19(18(26)11-15)34-17-4-1-14(2-5-17)21-20(23(29)33)22(28)32(30-21)16-7-8-24(9-10-24)31(12-16)13-27/h1-6,11,16H,7-10,12,28H2,(H2,29,33)/t16-/m0/s1. The Bertz CT molecular complexity index is 1310. The number of nitrogens with zero attached hydrogens (tertiary/aromatic N) is 4. The molecule has 34 heavy (non-hydrogen) atoms. The average molecular weight is 464 g/mol. The van der Waals surface area contributed by atoms with Gasteiger partial charge in [0, 0.05) is 11.6 Å². The van der Waals surface area contributed by atoms with Crippen LogP contribution in [0.4, 0.5) is 14.6 Å². The summed E-state index contributed by atoms with van der Waals surface area (Å²) < 4.78 is 34.1. The predicted octanol–water partition coefficient (Wildman–Crippen LogP) is 3.95. The maximum Gasteiger partial charge on any atom is 0.254 e. The molecule has 0 unspecified atom stereocenters. The number of nitrogen functional groups attached to an aromatic ring is 1. The van der Waals surface area contributed by atoms with Crippen LogP contribution in [0.5, 0.6) is 11.5 Å². The van der Waals surface area contributed by atoms with Crippen molar-refractivity contribution in [3.8, 4) is 28.9 Å². The van der Waals surface area contributed by atoms with Crippen molar-refractivity contribution in [2.45, 2.75) is 37.3 Å². The highest BCUT2D eigenvalue weighted by molar-refractivity contribution is 6.03. The van der Waals surface area contributed by atoms with Crippen LogP contribution in [0.25, 0.3) is 11.3 Å². The molecule has 0 radical (unpaired) electrons. The predicted molar refractivity (Wildman–Crippen MR) is 120 cm³/mol. The van der Waals surface area contributed by atoms with Crippen LogP contribution in [0.2, 0.25) is 0 Å². The number of hydrogen-bond donors (Lipinski definition) is 2. The van der Waals surface area contributed by atoms with E-state index in [-0.39, 0.29) is 28.7 Å². The van der Waals surface area contributed by atoms with Gasteiger partial charge in [-0.3, -0.25) is 4.79 Å². The second-order valence-corrected chi connectivity index (χ2v) is 8.75. The lowest BCUT2D eigenvalue weighted by molar-refractivity contribution is 0.100. The molecule has 1 saturated carbocycles. The Morgan fingerprint density at radius 2 is 1.91 bits per heavy atom. The Balaban J connectivity index is 1.43. The topological polar surface area (TPSA) is 123 Å². The monoisotopic (exact) mass is 464 g/mol. The molecule has 1 amide bonds. The Morgan fingerprint density at radius 3 is 2.53 bits per heavy atom. The molecule has 1 aliphatic heterocycles. The molecule has 1 saturated heterocycles. The number of halogens is 2. The van der Waals surface area contributed by atoms with E-state index in [4.69, 9.17) is 16.2 Å². The summed E-state index contributed by atoms with van der Waals surface area (Å²) in [6.07, 6.45) is 5.95. The van der Waals surface area contributed by atoms with Crippen molar-refractivity contribution in [3.05, 3.63) is 59.7 Å². The number of benzene rings is 2. The number of nitriles is 1. The maximum absolute atomic E-state index is 13.9. The van der Waals surface area contributed by atoms with Gasteiger partial charge in [-0.05, 0) is 62.1 Å². The quantitative estimate of drug-likeness (QED) is 0.551. The summed E-state index contributed by atoms with van der Waals surface area (Å²) >= 11 is 0. The van der Waals surface area contributed by atoms with Gasteiger partial charge in [0.15, 0.2) is 17.8 Å². The van der Waals surface area contributed by atoms with Gasteiger partial charge < -0.3 is 21.1 Å². The largest absolute Gasteiger partial charge is 0.454 e. The first-order valence-electron chi connectivity index (χ1n) is 10.9. The number of amides is 1. The highest BCUT2D eigenvalue weighted by Gasteiger charge is 2.51. The zero-order valence-electron chi connectivity index (χ0n) is 18.2. The summed E-state index contributed by atoms with van der Waals surface area (Å²) in [5.74, 6) is -1.87. The maximum atomic E-state index is 13.9. The molecule has 1 aromatic heterocycles. The SMILES string of the molecule is N#CN1C[C@@H](n2nc(-c3ccc(Oc4ccc(F)cc4F)cc3)c(C(N)=O)c2N)CCC12CC2. The summed E-state index contributed by atoms with van der Waals surface area (Å²) in [6.45, 7) is 0.468. The number of piperidine rings is 1. The summed E-state index contributed by atoms with van der Waals surface area (Å²) in [5, 5.41) is 14.2. The fourth-order valence-electron chi connectivity index (χ4n) is 4.61. The fraction of sp³-hybridized carbons (Fsp3) is 0.292. The van der Waals surface area contributed by atoms with Crippen molar-refractivity contribution in [2.24, 2.45) is 5.73 Å². The normalized spacial score (nSPS) is 18.5. The van der Waals surface area contributed by atoms with E-state index in [0.717, 1.165) is 37.8 Å². The van der Waals surface area contributed by atoms with Crippen molar-refractivity contribution in [1.29, 1.82) is 5.26 Å². The average Bonchev–Trinajstić information content (AvgIpc) is 3.50. The molecule has 174 valence electrons. The van der Waals surface area contributed by atoms with Crippen LogP contribution in [-0.4, -0.2) is 32.7 Å². The van der Waals surface area contributed by atoms with E-state index in [2.05, 4.69) is 11.3 Å². The van der Waals surface area contributed by atoms with E-state index >= 15 is 0 Å². The van der Waals surface area contributed by atoms with E-state index in [0.29, 0.717) is 23.6 Å². The number of carbonyl (C=O) groups is 1. The van der Waals surface area contributed by atoms with E-state index in [1.165, 1.54) is 6.07 Å².